The number of imidazole rings is 1. The van der Waals surface area contributed by atoms with Gasteiger partial charge in [-0.25, -0.2) is 4.98 Å². The van der Waals surface area contributed by atoms with Gasteiger partial charge in [-0.05, 0) is 160 Å². The lowest BCUT2D eigenvalue weighted by atomic mass is 9.58. The average Bonchev–Trinajstić information content (AvgIpc) is 3.79. The molecule has 0 unspecified atom stereocenters. The third-order valence-corrected chi connectivity index (χ3v) is 16.9. The van der Waals surface area contributed by atoms with Crippen molar-refractivity contribution in [1.82, 2.24) is 9.97 Å². The van der Waals surface area contributed by atoms with E-state index in [9.17, 15) is 0 Å². The van der Waals surface area contributed by atoms with Crippen LogP contribution in [0.25, 0.3) is 55.8 Å². The van der Waals surface area contributed by atoms with Crippen molar-refractivity contribution in [3.8, 4) is 44.8 Å². The fourth-order valence-electron chi connectivity index (χ4n) is 12.0. The molecule has 0 fully saturated rings. The number of nitrogens with zero attached hydrogens (tertiary/aromatic N) is 2. The summed E-state index contributed by atoms with van der Waals surface area (Å²) in [6.45, 7) is 23.0. The van der Waals surface area contributed by atoms with Crippen LogP contribution in [0.15, 0.2) is 84.9 Å². The molecule has 3 nitrogen and oxygen atoms in total. The average molecular weight is 936 g/mol. The Hall–Kier alpha value is -5.54. The first-order valence-corrected chi connectivity index (χ1v) is 25.5. The number of fused-ring (bicyclic) bond motifs is 3. The maximum atomic E-state index is 7.15. The van der Waals surface area contributed by atoms with E-state index in [1.165, 1.54) is 27.8 Å². The molecule has 0 atom stereocenters. The third-order valence-electron chi connectivity index (χ3n) is 16.9. The number of aryl methyl sites for hydroxylation is 2. The highest BCUT2D eigenvalue weighted by molar-refractivity contribution is 6.70. The normalized spacial score (nSPS) is 16.2. The molecule has 0 saturated heterocycles. The monoisotopic (exact) mass is 938 g/mol. The van der Waals surface area contributed by atoms with Crippen molar-refractivity contribution in [3.05, 3.63) is 118 Å². The number of nitrogens with one attached hydrogen (secondary N) is 1. The Morgan fingerprint density at radius 3 is 1.47 bits per heavy atom. The number of rotatable bonds is 7. The highest BCUT2D eigenvalue weighted by Crippen LogP contribution is 2.53. The molecule has 7 aromatic carbocycles. The molecule has 8 aromatic rings. The number of hydrogen-bond donors (Lipinski definition) is 1. The van der Waals surface area contributed by atoms with E-state index in [0.717, 1.165) is 81.6 Å². The molecule has 74 heavy (non-hydrogen) atoms. The van der Waals surface area contributed by atoms with Crippen LogP contribution in [0.1, 0.15) is 114 Å². The summed E-state index contributed by atoms with van der Waals surface area (Å²) < 4.78 is 0. The molecule has 20 radical (unpaired) electrons. The minimum Gasteiger partial charge on any atom is -0.337 e. The van der Waals surface area contributed by atoms with Crippen LogP contribution in [-0.2, 0) is 21.7 Å². The van der Waals surface area contributed by atoms with Crippen molar-refractivity contribution in [2.45, 2.75) is 117 Å². The fourth-order valence-corrected chi connectivity index (χ4v) is 12.0. The SMILES string of the molecule is [B]c1c([B])c([B])c(-c2nc3cccc(-c4cc(-c5ccc(C)cc5C)cc(N(c5ccc6c(c5)C(C)(C)CCC6(C)C)c5cc6c(cc5-c5c([B])c([B])c([B])c([B])c5[B])C(C)(C)CCC6(C)C)c4)c3[nH]2)c([B])c1[B]. The zero-order valence-electron chi connectivity index (χ0n) is 44.6. The van der Waals surface area contributed by atoms with Crippen LogP contribution in [0, 0.1) is 13.8 Å². The first-order valence-electron chi connectivity index (χ1n) is 25.5. The minimum absolute atomic E-state index is 0.0283. The van der Waals surface area contributed by atoms with Crippen LogP contribution in [0.4, 0.5) is 17.1 Å². The van der Waals surface area contributed by atoms with Gasteiger partial charge in [0.25, 0.3) is 0 Å². The quantitative estimate of drug-likeness (QED) is 0.230. The standard InChI is InChI=1S/C61H53B10N3/c1-29-14-16-35(30(2)22-29)31-23-32(36-12-11-13-42-56(36)73-57(72-42)45-48(64)52(68)55(71)53(69)49(45)65)25-34(24-31)74(33-15-17-38-39(26-33)59(5,6)19-18-58(38,3)4)43-28-41-40(60(7,8)20-21-61(41,9)10)27-37(43)44-46(62)50(66)54(70)51(67)47(44)63/h11-17,22-28H,18-21H2,1-10H3,(H,72,73). The van der Waals surface area contributed by atoms with Gasteiger partial charge in [0.1, 0.15) is 84.3 Å². The molecule has 0 saturated carbocycles. The van der Waals surface area contributed by atoms with E-state index in [-0.39, 0.29) is 76.3 Å². The van der Waals surface area contributed by atoms with Gasteiger partial charge in [0.2, 0.25) is 0 Å². The van der Waals surface area contributed by atoms with Crippen LogP contribution in [0.2, 0.25) is 0 Å². The Morgan fingerprint density at radius 1 is 0.432 bits per heavy atom. The summed E-state index contributed by atoms with van der Waals surface area (Å²) in [5.41, 5.74) is 18.6. The molecular weight excluding hydrogens is 883 g/mol. The van der Waals surface area contributed by atoms with Crippen molar-refractivity contribution < 1.29 is 0 Å². The summed E-state index contributed by atoms with van der Waals surface area (Å²) in [7, 11) is 66.7. The van der Waals surface area contributed by atoms with Gasteiger partial charge in [0.15, 0.2) is 0 Å². The van der Waals surface area contributed by atoms with Crippen LogP contribution >= 0.6 is 0 Å². The van der Waals surface area contributed by atoms with Crippen LogP contribution in [0.3, 0.4) is 0 Å². The van der Waals surface area contributed by atoms with Gasteiger partial charge in [-0.2, -0.15) is 0 Å². The highest BCUT2D eigenvalue weighted by atomic mass is 15.1. The van der Waals surface area contributed by atoms with Crippen LogP contribution in [0.5, 0.6) is 0 Å². The number of anilines is 3. The van der Waals surface area contributed by atoms with E-state index >= 15 is 0 Å². The lowest BCUT2D eigenvalue weighted by molar-refractivity contribution is 0.332. The Bertz CT molecular complexity index is 3620. The first-order chi connectivity index (χ1) is 34.6. The zero-order chi connectivity index (χ0) is 53.5. The summed E-state index contributed by atoms with van der Waals surface area (Å²) in [5.74, 6) is 0.411. The van der Waals surface area contributed by atoms with E-state index in [4.69, 9.17) is 83.4 Å². The van der Waals surface area contributed by atoms with Gasteiger partial charge in [-0.3, -0.25) is 0 Å². The molecular formula is C61H53B10N3. The Labute approximate surface area is 453 Å². The van der Waals surface area contributed by atoms with E-state index in [2.05, 4.69) is 152 Å². The van der Waals surface area contributed by atoms with E-state index < -0.39 is 0 Å². The smallest absolute Gasteiger partial charge is 0.137 e. The van der Waals surface area contributed by atoms with Crippen molar-refractivity contribution in [2.75, 3.05) is 4.90 Å². The topological polar surface area (TPSA) is 31.9 Å². The number of aromatic amines is 1. The lowest BCUT2D eigenvalue weighted by Gasteiger charge is -2.44. The molecule has 2 aliphatic rings. The van der Waals surface area contributed by atoms with E-state index in [0.29, 0.717) is 22.5 Å². The van der Waals surface area contributed by atoms with Crippen molar-refractivity contribution in [1.29, 1.82) is 0 Å². The van der Waals surface area contributed by atoms with E-state index in [1.807, 2.05) is 12.1 Å². The summed E-state index contributed by atoms with van der Waals surface area (Å²) in [6, 6.07) is 31.1. The molecule has 0 amide bonds. The van der Waals surface area contributed by atoms with Crippen molar-refractivity contribution in [3.63, 3.8) is 0 Å². The molecule has 13 heteroatoms. The molecule has 10 rings (SSSR count). The Morgan fingerprint density at radius 2 is 0.919 bits per heavy atom. The molecule has 1 heterocycles. The van der Waals surface area contributed by atoms with Gasteiger partial charge in [0.05, 0.1) is 16.7 Å². The predicted octanol–water partition coefficient (Wildman–Crippen LogP) is 4.95. The van der Waals surface area contributed by atoms with Gasteiger partial charge < -0.3 is 9.88 Å². The van der Waals surface area contributed by atoms with Crippen molar-refractivity contribution >= 4 is 161 Å². The molecule has 0 aliphatic heterocycles. The molecule has 342 valence electrons. The second-order valence-electron chi connectivity index (χ2n) is 23.8. The molecule has 1 N–H and O–H groups in total. The number of para-hydroxylation sites is 1. The van der Waals surface area contributed by atoms with Gasteiger partial charge in [0, 0.05) is 28.1 Å². The van der Waals surface area contributed by atoms with Gasteiger partial charge in [-0.15, -0.1) is 32.8 Å². The van der Waals surface area contributed by atoms with Crippen LogP contribution < -0.4 is 59.5 Å². The largest absolute Gasteiger partial charge is 0.337 e. The zero-order valence-corrected chi connectivity index (χ0v) is 44.6. The van der Waals surface area contributed by atoms with Gasteiger partial charge in [-0.1, -0.05) is 119 Å². The summed E-state index contributed by atoms with van der Waals surface area (Å²) >= 11 is 0. The Balaban J connectivity index is 1.35. The van der Waals surface area contributed by atoms with Gasteiger partial charge >= 0.3 is 0 Å². The molecule has 0 spiro atoms. The van der Waals surface area contributed by atoms with E-state index in [1.54, 1.807) is 0 Å². The third kappa shape index (κ3) is 8.37. The second kappa shape index (κ2) is 18.1. The molecule has 2 aliphatic carbocycles. The fraction of sp³-hybridized carbons (Fsp3) is 0.295. The maximum Gasteiger partial charge on any atom is 0.137 e. The molecule has 1 aromatic heterocycles. The number of hydrogen-bond acceptors (Lipinski definition) is 2. The summed E-state index contributed by atoms with van der Waals surface area (Å²) in [6.07, 6.45) is 4.10. The first kappa shape index (κ1) is 51.9. The highest BCUT2D eigenvalue weighted by Gasteiger charge is 2.41. The Kier molecular flexibility index (Phi) is 12.7. The number of benzene rings is 7. The van der Waals surface area contributed by atoms with Crippen molar-refractivity contribution in [2.24, 2.45) is 0 Å². The second-order valence-corrected chi connectivity index (χ2v) is 23.8. The summed E-state index contributed by atoms with van der Waals surface area (Å²) in [5, 5.41) is 0. The summed E-state index contributed by atoms with van der Waals surface area (Å²) in [4.78, 5) is 11.0. The number of H-pyrrole nitrogens is 1. The number of aromatic nitrogens is 2. The van der Waals surface area contributed by atoms with Crippen LogP contribution in [-0.4, -0.2) is 88.4 Å². The predicted molar refractivity (Wildman–Crippen MR) is 326 cm³/mol. The minimum atomic E-state index is -0.186. The maximum absolute atomic E-state index is 7.15. The molecule has 0 bridgehead atoms. The lowest BCUT2D eigenvalue weighted by Crippen LogP contribution is -2.55.